The Bertz CT molecular complexity index is 277. The Kier molecular flexibility index (Phi) is 11.1. The third kappa shape index (κ3) is 8.77. The van der Waals surface area contributed by atoms with Crippen molar-refractivity contribution in [3.8, 4) is 0 Å². The van der Waals surface area contributed by atoms with Crippen molar-refractivity contribution in [1.29, 1.82) is 0 Å². The average molecular weight is 288 g/mol. The van der Waals surface area contributed by atoms with Crippen molar-refractivity contribution in [1.82, 2.24) is 4.90 Å². The number of primary amides is 1. The fraction of sp³-hybridized carbons (Fsp3) is 0.867. The van der Waals surface area contributed by atoms with Gasteiger partial charge in [-0.2, -0.15) is 0 Å². The molecule has 0 radical (unpaired) electrons. The molecule has 0 atom stereocenters. The molecule has 1 aliphatic rings. The SMILES string of the molecule is CC.CC.CC(C)(C)OC(=O)N1CCC(C(N)=O)CC1. The van der Waals surface area contributed by atoms with Gasteiger partial charge in [-0.15, -0.1) is 0 Å². The molecular weight excluding hydrogens is 256 g/mol. The zero-order valence-electron chi connectivity index (χ0n) is 14.2. The topological polar surface area (TPSA) is 72.6 Å². The minimum Gasteiger partial charge on any atom is -0.444 e. The summed E-state index contributed by atoms with van der Waals surface area (Å²) in [6, 6.07) is 0. The van der Waals surface area contributed by atoms with Crippen LogP contribution < -0.4 is 5.73 Å². The van der Waals surface area contributed by atoms with Gasteiger partial charge in [0.05, 0.1) is 0 Å². The quantitative estimate of drug-likeness (QED) is 0.805. The molecule has 5 heteroatoms. The number of carbonyl (C=O) groups excluding carboxylic acids is 2. The highest BCUT2D eigenvalue weighted by molar-refractivity contribution is 5.77. The molecular formula is C15H32N2O3. The van der Waals surface area contributed by atoms with Crippen LogP contribution in [0, 0.1) is 5.92 Å². The van der Waals surface area contributed by atoms with Gasteiger partial charge in [0.15, 0.2) is 0 Å². The van der Waals surface area contributed by atoms with Gasteiger partial charge < -0.3 is 15.4 Å². The first-order chi connectivity index (χ1) is 9.29. The van der Waals surface area contributed by atoms with E-state index in [4.69, 9.17) is 10.5 Å². The highest BCUT2D eigenvalue weighted by Crippen LogP contribution is 2.19. The molecule has 2 amide bonds. The normalized spacial score (nSPS) is 15.2. The zero-order chi connectivity index (χ0) is 16.3. The molecule has 120 valence electrons. The van der Waals surface area contributed by atoms with Crippen LogP contribution in [0.4, 0.5) is 4.79 Å². The Morgan fingerprint density at radius 2 is 1.45 bits per heavy atom. The molecule has 0 unspecified atom stereocenters. The lowest BCUT2D eigenvalue weighted by Crippen LogP contribution is -2.43. The van der Waals surface area contributed by atoms with E-state index in [-0.39, 0.29) is 17.9 Å². The van der Waals surface area contributed by atoms with E-state index in [1.165, 1.54) is 0 Å². The Hall–Kier alpha value is -1.26. The first kappa shape index (κ1) is 21.0. The molecule has 0 saturated carbocycles. The van der Waals surface area contributed by atoms with E-state index in [9.17, 15) is 9.59 Å². The lowest BCUT2D eigenvalue weighted by molar-refractivity contribution is -0.123. The third-order valence-electron chi connectivity index (χ3n) is 2.55. The maximum atomic E-state index is 11.7. The van der Waals surface area contributed by atoms with Crippen molar-refractivity contribution >= 4 is 12.0 Å². The van der Waals surface area contributed by atoms with Crippen molar-refractivity contribution in [2.45, 2.75) is 66.9 Å². The second kappa shape index (κ2) is 10.5. The monoisotopic (exact) mass is 288 g/mol. The van der Waals surface area contributed by atoms with Crippen LogP contribution in [0.1, 0.15) is 61.3 Å². The Morgan fingerprint density at radius 3 is 1.75 bits per heavy atom. The van der Waals surface area contributed by atoms with E-state index < -0.39 is 5.60 Å². The van der Waals surface area contributed by atoms with Gasteiger partial charge in [-0.3, -0.25) is 4.79 Å². The van der Waals surface area contributed by atoms with Crippen LogP contribution in [0.3, 0.4) is 0 Å². The van der Waals surface area contributed by atoms with Crippen molar-refractivity contribution in [3.63, 3.8) is 0 Å². The van der Waals surface area contributed by atoms with Gasteiger partial charge in [0.25, 0.3) is 0 Å². The Balaban J connectivity index is 0. The van der Waals surface area contributed by atoms with Crippen LogP contribution in [-0.4, -0.2) is 35.6 Å². The molecule has 1 fully saturated rings. The standard InChI is InChI=1S/C11H20N2O3.2C2H6/c1-11(2,3)16-10(15)13-6-4-8(5-7-13)9(12)14;2*1-2/h8H,4-7H2,1-3H3,(H2,12,14);2*1-2H3. The number of nitrogens with two attached hydrogens (primary N) is 1. The molecule has 0 aliphatic carbocycles. The molecule has 1 heterocycles. The van der Waals surface area contributed by atoms with Crippen LogP contribution in [-0.2, 0) is 9.53 Å². The fourth-order valence-electron chi connectivity index (χ4n) is 1.67. The van der Waals surface area contributed by atoms with E-state index in [0.29, 0.717) is 25.9 Å². The number of hydrogen-bond acceptors (Lipinski definition) is 3. The van der Waals surface area contributed by atoms with Gasteiger partial charge in [-0.1, -0.05) is 27.7 Å². The van der Waals surface area contributed by atoms with Gasteiger partial charge in [-0.25, -0.2) is 4.79 Å². The maximum absolute atomic E-state index is 11.7. The van der Waals surface area contributed by atoms with E-state index >= 15 is 0 Å². The van der Waals surface area contributed by atoms with E-state index in [0.717, 1.165) is 0 Å². The van der Waals surface area contributed by atoms with Gasteiger partial charge in [0.2, 0.25) is 5.91 Å². The molecule has 2 N–H and O–H groups in total. The van der Waals surface area contributed by atoms with Crippen LogP contribution in [0.15, 0.2) is 0 Å². The first-order valence-electron chi connectivity index (χ1n) is 7.57. The highest BCUT2D eigenvalue weighted by Gasteiger charge is 2.28. The molecule has 1 saturated heterocycles. The number of amides is 2. The third-order valence-corrected chi connectivity index (χ3v) is 2.55. The van der Waals surface area contributed by atoms with Gasteiger partial charge in [0, 0.05) is 19.0 Å². The number of piperidine rings is 1. The number of carbonyl (C=O) groups is 2. The summed E-state index contributed by atoms with van der Waals surface area (Å²) in [4.78, 5) is 24.3. The van der Waals surface area contributed by atoms with E-state index in [1.54, 1.807) is 4.90 Å². The summed E-state index contributed by atoms with van der Waals surface area (Å²) in [5.74, 6) is -0.373. The molecule has 0 aromatic carbocycles. The summed E-state index contributed by atoms with van der Waals surface area (Å²) >= 11 is 0. The van der Waals surface area contributed by atoms with E-state index in [2.05, 4.69) is 0 Å². The number of ether oxygens (including phenoxy) is 1. The first-order valence-corrected chi connectivity index (χ1v) is 7.57. The van der Waals surface area contributed by atoms with Crippen molar-refractivity contribution in [3.05, 3.63) is 0 Å². The van der Waals surface area contributed by atoms with Crippen LogP contribution in [0.2, 0.25) is 0 Å². The van der Waals surface area contributed by atoms with Gasteiger partial charge in [0.1, 0.15) is 5.60 Å². The summed E-state index contributed by atoms with van der Waals surface area (Å²) in [7, 11) is 0. The zero-order valence-corrected chi connectivity index (χ0v) is 14.2. The summed E-state index contributed by atoms with van der Waals surface area (Å²) < 4.78 is 5.24. The second-order valence-corrected chi connectivity index (χ2v) is 5.14. The van der Waals surface area contributed by atoms with Crippen LogP contribution in [0.5, 0.6) is 0 Å². The maximum Gasteiger partial charge on any atom is 0.410 e. The van der Waals surface area contributed by atoms with Crippen LogP contribution >= 0.6 is 0 Å². The van der Waals surface area contributed by atoms with Gasteiger partial charge in [-0.05, 0) is 33.6 Å². The van der Waals surface area contributed by atoms with Crippen molar-refractivity contribution in [2.75, 3.05) is 13.1 Å². The molecule has 5 nitrogen and oxygen atoms in total. The lowest BCUT2D eigenvalue weighted by Gasteiger charge is -2.32. The van der Waals surface area contributed by atoms with Crippen molar-refractivity contribution in [2.24, 2.45) is 11.7 Å². The highest BCUT2D eigenvalue weighted by atomic mass is 16.6. The summed E-state index contributed by atoms with van der Waals surface area (Å²) in [6.07, 6.45) is 0.957. The minimum absolute atomic E-state index is 0.0984. The molecule has 1 rings (SSSR count). The predicted molar refractivity (Wildman–Crippen MR) is 82.4 cm³/mol. The minimum atomic E-state index is -0.475. The van der Waals surface area contributed by atoms with Gasteiger partial charge >= 0.3 is 6.09 Å². The fourth-order valence-corrected chi connectivity index (χ4v) is 1.67. The molecule has 20 heavy (non-hydrogen) atoms. The second-order valence-electron chi connectivity index (χ2n) is 5.14. The number of nitrogens with zero attached hydrogens (tertiary/aromatic N) is 1. The average Bonchev–Trinajstić information content (AvgIpc) is 2.41. The largest absolute Gasteiger partial charge is 0.444 e. The lowest BCUT2D eigenvalue weighted by atomic mass is 9.97. The Morgan fingerprint density at radius 1 is 1.05 bits per heavy atom. The summed E-state index contributed by atoms with van der Waals surface area (Å²) in [5.41, 5.74) is 4.74. The van der Waals surface area contributed by atoms with Crippen LogP contribution in [0.25, 0.3) is 0 Å². The number of likely N-dealkylation sites (tertiary alicyclic amines) is 1. The van der Waals surface area contributed by atoms with E-state index in [1.807, 2.05) is 48.5 Å². The molecule has 0 bridgehead atoms. The molecule has 0 aromatic heterocycles. The summed E-state index contributed by atoms with van der Waals surface area (Å²) in [5, 5.41) is 0. The number of rotatable bonds is 1. The Labute approximate surface area is 123 Å². The summed E-state index contributed by atoms with van der Waals surface area (Å²) in [6.45, 7) is 14.6. The number of hydrogen-bond donors (Lipinski definition) is 1. The molecule has 1 aliphatic heterocycles. The smallest absolute Gasteiger partial charge is 0.410 e. The molecule has 0 aromatic rings. The predicted octanol–water partition coefficient (Wildman–Crippen LogP) is 3.17. The van der Waals surface area contributed by atoms with Crippen molar-refractivity contribution < 1.29 is 14.3 Å². The molecule has 0 spiro atoms.